The van der Waals surface area contributed by atoms with E-state index in [-0.39, 0.29) is 11.7 Å². The first kappa shape index (κ1) is 13.8. The van der Waals surface area contributed by atoms with Gasteiger partial charge in [-0.3, -0.25) is 9.78 Å². The van der Waals surface area contributed by atoms with Crippen LogP contribution in [0.4, 0.5) is 0 Å². The third-order valence-electron chi connectivity index (χ3n) is 4.02. The molecule has 1 N–H and O–H groups in total. The van der Waals surface area contributed by atoms with E-state index >= 15 is 0 Å². The zero-order valence-electron chi connectivity index (χ0n) is 11.3. The highest BCUT2D eigenvalue weighted by Crippen LogP contribution is 2.36. The summed E-state index contributed by atoms with van der Waals surface area (Å²) in [4.78, 5) is 15.4. The van der Waals surface area contributed by atoms with Crippen molar-refractivity contribution >= 4 is 5.97 Å². The topological polar surface area (TPSA) is 59.4 Å². The van der Waals surface area contributed by atoms with Gasteiger partial charge in [-0.15, -0.1) is 0 Å². The molecule has 0 saturated heterocycles. The fourth-order valence-corrected chi connectivity index (χ4v) is 2.81. The van der Waals surface area contributed by atoms with Crippen LogP contribution in [-0.4, -0.2) is 23.2 Å². The third kappa shape index (κ3) is 3.94. The highest BCUT2D eigenvalue weighted by molar-refractivity contribution is 5.69. The second kappa shape index (κ2) is 6.55. The number of nitrogens with zero attached hydrogens (tertiary/aromatic N) is 1. The number of pyridine rings is 1. The van der Waals surface area contributed by atoms with Gasteiger partial charge in [0.1, 0.15) is 5.75 Å². The highest BCUT2D eigenvalue weighted by atomic mass is 16.5. The number of carbonyl (C=O) groups is 1. The first-order valence-electron chi connectivity index (χ1n) is 6.90. The molecule has 1 saturated carbocycles. The number of carbonyl (C=O) groups excluding carboxylic acids is 1. The van der Waals surface area contributed by atoms with Crippen LogP contribution in [0.5, 0.6) is 5.75 Å². The Balaban J connectivity index is 1.79. The second-order valence-electron chi connectivity index (χ2n) is 5.27. The monoisotopic (exact) mass is 263 g/mol. The maximum Gasteiger partial charge on any atom is 0.305 e. The van der Waals surface area contributed by atoms with E-state index in [1.54, 1.807) is 6.07 Å². The van der Waals surface area contributed by atoms with Crippen molar-refractivity contribution in [2.45, 2.75) is 44.4 Å². The molecule has 1 fully saturated rings. The fourth-order valence-electron chi connectivity index (χ4n) is 2.81. The Morgan fingerprint density at radius 1 is 1.37 bits per heavy atom. The molecule has 0 atom stereocenters. The van der Waals surface area contributed by atoms with Crippen molar-refractivity contribution in [3.05, 3.63) is 24.0 Å². The van der Waals surface area contributed by atoms with Crippen LogP contribution in [0.1, 0.15) is 50.1 Å². The van der Waals surface area contributed by atoms with Crippen molar-refractivity contribution in [1.82, 2.24) is 4.98 Å². The maximum absolute atomic E-state index is 11.1. The predicted octanol–water partition coefficient (Wildman–Crippen LogP) is 3.01. The first-order valence-corrected chi connectivity index (χ1v) is 6.90. The molecule has 0 unspecified atom stereocenters. The molecule has 19 heavy (non-hydrogen) atoms. The van der Waals surface area contributed by atoms with Crippen LogP contribution in [-0.2, 0) is 9.53 Å². The molecule has 0 aliphatic heterocycles. The Hall–Kier alpha value is -1.58. The number of rotatable bonds is 4. The number of ether oxygens (including phenoxy) is 1. The van der Waals surface area contributed by atoms with Gasteiger partial charge < -0.3 is 9.84 Å². The largest absolute Gasteiger partial charge is 0.506 e. The minimum absolute atomic E-state index is 0.109. The first-order chi connectivity index (χ1) is 9.19. The minimum Gasteiger partial charge on any atom is -0.506 e. The smallest absolute Gasteiger partial charge is 0.305 e. The van der Waals surface area contributed by atoms with Gasteiger partial charge in [0, 0.05) is 18.0 Å². The van der Waals surface area contributed by atoms with Crippen molar-refractivity contribution in [2.75, 3.05) is 7.11 Å². The molecule has 0 aromatic carbocycles. The summed E-state index contributed by atoms with van der Waals surface area (Å²) < 4.78 is 4.67. The molecule has 1 aliphatic rings. The number of hydrogen-bond donors (Lipinski definition) is 1. The van der Waals surface area contributed by atoms with E-state index in [2.05, 4.69) is 9.72 Å². The highest BCUT2D eigenvalue weighted by Gasteiger charge is 2.23. The van der Waals surface area contributed by atoms with Gasteiger partial charge in [0.25, 0.3) is 0 Å². The normalized spacial score (nSPS) is 23.0. The molecular formula is C15H21NO3. The lowest BCUT2D eigenvalue weighted by Gasteiger charge is -2.27. The molecule has 1 aliphatic carbocycles. The van der Waals surface area contributed by atoms with Crippen molar-refractivity contribution in [3.63, 3.8) is 0 Å². The van der Waals surface area contributed by atoms with Gasteiger partial charge in [0.2, 0.25) is 0 Å². The van der Waals surface area contributed by atoms with E-state index in [0.29, 0.717) is 18.3 Å². The average Bonchev–Trinajstić information content (AvgIpc) is 2.46. The van der Waals surface area contributed by atoms with E-state index in [1.165, 1.54) is 13.3 Å². The summed E-state index contributed by atoms with van der Waals surface area (Å²) in [5, 5.41) is 9.24. The van der Waals surface area contributed by atoms with Crippen molar-refractivity contribution < 1.29 is 14.6 Å². The van der Waals surface area contributed by atoms with Crippen LogP contribution in [0.15, 0.2) is 18.3 Å². The summed E-state index contributed by atoms with van der Waals surface area (Å²) in [7, 11) is 1.44. The van der Waals surface area contributed by atoms with Gasteiger partial charge in [-0.2, -0.15) is 0 Å². The molecule has 2 rings (SSSR count). The van der Waals surface area contributed by atoms with Crippen molar-refractivity contribution in [1.29, 1.82) is 0 Å². The number of aromatic nitrogens is 1. The summed E-state index contributed by atoms with van der Waals surface area (Å²) in [6.07, 6.45) is 7.49. The summed E-state index contributed by atoms with van der Waals surface area (Å²) in [6, 6.07) is 3.61. The van der Waals surface area contributed by atoms with E-state index in [4.69, 9.17) is 0 Å². The fraction of sp³-hybridized carbons (Fsp3) is 0.600. The number of methoxy groups -OCH3 is 1. The van der Waals surface area contributed by atoms with E-state index in [1.807, 2.05) is 6.07 Å². The van der Waals surface area contributed by atoms with Crippen LogP contribution in [0, 0.1) is 5.92 Å². The van der Waals surface area contributed by atoms with Crippen LogP contribution < -0.4 is 0 Å². The van der Waals surface area contributed by atoms with Crippen LogP contribution >= 0.6 is 0 Å². The Morgan fingerprint density at radius 3 is 2.68 bits per heavy atom. The summed E-state index contributed by atoms with van der Waals surface area (Å²) in [6.45, 7) is 0. The zero-order chi connectivity index (χ0) is 13.7. The van der Waals surface area contributed by atoms with Gasteiger partial charge >= 0.3 is 5.97 Å². The lowest BCUT2D eigenvalue weighted by molar-refractivity contribution is -0.141. The molecule has 104 valence electrons. The molecule has 1 aromatic heterocycles. The van der Waals surface area contributed by atoms with Crippen LogP contribution in [0.3, 0.4) is 0 Å². The van der Waals surface area contributed by atoms with Crippen LogP contribution in [0.2, 0.25) is 0 Å². The van der Waals surface area contributed by atoms with Gasteiger partial charge in [0.05, 0.1) is 13.3 Å². The van der Waals surface area contributed by atoms with Crippen molar-refractivity contribution in [3.8, 4) is 5.75 Å². The van der Waals surface area contributed by atoms with E-state index in [9.17, 15) is 9.90 Å². The summed E-state index contributed by atoms with van der Waals surface area (Å²) in [5.74, 6) is 1.24. The molecule has 0 spiro atoms. The standard InChI is InChI=1S/C15H21NO3/c1-19-15(18)9-4-11-2-5-12(6-3-11)14-8-7-13(17)10-16-14/h7-8,10-12,17H,2-6,9H2,1H3. The number of aromatic hydroxyl groups is 1. The van der Waals surface area contributed by atoms with Crippen molar-refractivity contribution in [2.24, 2.45) is 5.92 Å². The third-order valence-corrected chi connectivity index (χ3v) is 4.02. The maximum atomic E-state index is 11.1. The average molecular weight is 263 g/mol. The molecule has 1 aromatic rings. The lowest BCUT2D eigenvalue weighted by Crippen LogP contribution is -2.15. The molecule has 1 heterocycles. The summed E-state index contributed by atoms with van der Waals surface area (Å²) >= 11 is 0. The molecule has 0 amide bonds. The van der Waals surface area contributed by atoms with Crippen LogP contribution in [0.25, 0.3) is 0 Å². The molecule has 4 nitrogen and oxygen atoms in total. The predicted molar refractivity (Wildman–Crippen MR) is 71.9 cm³/mol. The molecule has 0 bridgehead atoms. The van der Waals surface area contributed by atoms with Gasteiger partial charge in [-0.05, 0) is 50.2 Å². The number of esters is 1. The quantitative estimate of drug-likeness (QED) is 0.848. The van der Waals surface area contributed by atoms with Gasteiger partial charge in [-0.1, -0.05) is 0 Å². The van der Waals surface area contributed by atoms with E-state index < -0.39 is 0 Å². The van der Waals surface area contributed by atoms with E-state index in [0.717, 1.165) is 37.8 Å². The Bertz CT molecular complexity index is 408. The molecule has 0 radical (unpaired) electrons. The summed E-state index contributed by atoms with van der Waals surface area (Å²) in [5.41, 5.74) is 1.07. The molecule has 4 heteroatoms. The zero-order valence-corrected chi connectivity index (χ0v) is 11.3. The Kier molecular flexibility index (Phi) is 4.77. The second-order valence-corrected chi connectivity index (χ2v) is 5.27. The Labute approximate surface area is 113 Å². The lowest BCUT2D eigenvalue weighted by atomic mass is 9.78. The molecular weight excluding hydrogens is 242 g/mol. The Morgan fingerprint density at radius 2 is 2.11 bits per heavy atom. The van der Waals surface area contributed by atoms with Gasteiger partial charge in [0.15, 0.2) is 0 Å². The SMILES string of the molecule is COC(=O)CCC1CCC(c2ccc(O)cn2)CC1. The number of hydrogen-bond acceptors (Lipinski definition) is 4. The van der Waals surface area contributed by atoms with Gasteiger partial charge in [-0.25, -0.2) is 0 Å². The minimum atomic E-state index is -0.109.